The highest BCUT2D eigenvalue weighted by Crippen LogP contribution is 2.35. The largest absolute Gasteiger partial charge is 0.363 e. The summed E-state index contributed by atoms with van der Waals surface area (Å²) < 4.78 is 0. The number of hydrogen-bond acceptors (Lipinski definition) is 2. The summed E-state index contributed by atoms with van der Waals surface area (Å²) in [5.41, 5.74) is 2.39. The van der Waals surface area contributed by atoms with Crippen molar-refractivity contribution >= 4 is 17.3 Å². The van der Waals surface area contributed by atoms with E-state index in [1.165, 1.54) is 18.5 Å². The Morgan fingerprint density at radius 2 is 1.94 bits per heavy atom. The molecule has 2 heterocycles. The molecule has 0 radical (unpaired) electrons. The molecule has 1 atom stereocenters. The SMILES string of the molecule is Clc1ccc(N2CCCC2c2ccccn2)cc1. The second-order valence-electron chi connectivity index (χ2n) is 4.58. The fraction of sp³-hybridized carbons (Fsp3) is 0.267. The first kappa shape index (κ1) is 11.5. The molecule has 2 aromatic rings. The zero-order chi connectivity index (χ0) is 12.4. The van der Waals surface area contributed by atoms with Gasteiger partial charge in [0.15, 0.2) is 0 Å². The van der Waals surface area contributed by atoms with Crippen LogP contribution >= 0.6 is 11.6 Å². The molecule has 1 aliphatic rings. The molecular formula is C15H15ClN2. The summed E-state index contributed by atoms with van der Waals surface area (Å²) in [4.78, 5) is 6.90. The van der Waals surface area contributed by atoms with Crippen LogP contribution in [0.3, 0.4) is 0 Å². The quantitative estimate of drug-likeness (QED) is 0.807. The van der Waals surface area contributed by atoms with Crippen LogP contribution in [-0.4, -0.2) is 11.5 Å². The highest BCUT2D eigenvalue weighted by Gasteiger charge is 2.26. The van der Waals surface area contributed by atoms with Gasteiger partial charge in [-0.3, -0.25) is 4.98 Å². The van der Waals surface area contributed by atoms with Crippen molar-refractivity contribution in [3.63, 3.8) is 0 Å². The van der Waals surface area contributed by atoms with Crippen molar-refractivity contribution in [2.24, 2.45) is 0 Å². The monoisotopic (exact) mass is 258 g/mol. The van der Waals surface area contributed by atoms with Gasteiger partial charge in [-0.25, -0.2) is 0 Å². The lowest BCUT2D eigenvalue weighted by molar-refractivity contribution is 0.694. The van der Waals surface area contributed by atoms with Gasteiger partial charge in [-0.15, -0.1) is 0 Å². The van der Waals surface area contributed by atoms with E-state index in [1.807, 2.05) is 24.4 Å². The summed E-state index contributed by atoms with van der Waals surface area (Å²) in [6, 6.07) is 14.6. The van der Waals surface area contributed by atoms with Crippen LogP contribution in [0.1, 0.15) is 24.6 Å². The predicted octanol–water partition coefficient (Wildman–Crippen LogP) is 4.08. The molecule has 1 aromatic carbocycles. The molecule has 92 valence electrons. The lowest BCUT2D eigenvalue weighted by atomic mass is 10.1. The Morgan fingerprint density at radius 3 is 2.67 bits per heavy atom. The third-order valence-corrected chi connectivity index (χ3v) is 3.69. The average Bonchev–Trinajstić information content (AvgIpc) is 2.90. The zero-order valence-electron chi connectivity index (χ0n) is 10.1. The molecule has 0 bridgehead atoms. The Hall–Kier alpha value is -1.54. The number of benzene rings is 1. The molecule has 1 aromatic heterocycles. The first-order valence-corrected chi connectivity index (χ1v) is 6.65. The lowest BCUT2D eigenvalue weighted by Crippen LogP contribution is -2.23. The van der Waals surface area contributed by atoms with Crippen molar-refractivity contribution < 1.29 is 0 Å². The van der Waals surface area contributed by atoms with E-state index in [2.05, 4.69) is 34.1 Å². The van der Waals surface area contributed by atoms with Gasteiger partial charge in [0.2, 0.25) is 0 Å². The maximum atomic E-state index is 5.94. The molecule has 0 aliphatic carbocycles. The topological polar surface area (TPSA) is 16.1 Å². The first-order chi connectivity index (χ1) is 8.84. The fourth-order valence-electron chi connectivity index (χ4n) is 2.59. The maximum Gasteiger partial charge on any atom is 0.0714 e. The third kappa shape index (κ3) is 2.21. The molecule has 1 saturated heterocycles. The van der Waals surface area contributed by atoms with E-state index in [9.17, 15) is 0 Å². The van der Waals surface area contributed by atoms with Crippen LogP contribution in [0, 0.1) is 0 Å². The second-order valence-corrected chi connectivity index (χ2v) is 5.02. The van der Waals surface area contributed by atoms with Crippen molar-refractivity contribution in [2.45, 2.75) is 18.9 Å². The number of aromatic nitrogens is 1. The maximum absolute atomic E-state index is 5.94. The van der Waals surface area contributed by atoms with E-state index in [-0.39, 0.29) is 0 Å². The van der Waals surface area contributed by atoms with Crippen molar-refractivity contribution in [2.75, 3.05) is 11.4 Å². The smallest absolute Gasteiger partial charge is 0.0714 e. The minimum Gasteiger partial charge on any atom is -0.363 e. The summed E-state index contributed by atoms with van der Waals surface area (Å²) in [6.45, 7) is 1.09. The summed E-state index contributed by atoms with van der Waals surface area (Å²) in [7, 11) is 0. The summed E-state index contributed by atoms with van der Waals surface area (Å²) in [5.74, 6) is 0. The summed E-state index contributed by atoms with van der Waals surface area (Å²) >= 11 is 5.94. The summed E-state index contributed by atoms with van der Waals surface area (Å²) in [5, 5.41) is 0.785. The second kappa shape index (κ2) is 4.99. The molecule has 0 spiro atoms. The highest BCUT2D eigenvalue weighted by molar-refractivity contribution is 6.30. The van der Waals surface area contributed by atoms with Crippen LogP contribution in [-0.2, 0) is 0 Å². The average molecular weight is 259 g/mol. The molecule has 18 heavy (non-hydrogen) atoms. The van der Waals surface area contributed by atoms with E-state index in [0.717, 1.165) is 17.3 Å². The van der Waals surface area contributed by atoms with Crippen LogP contribution in [0.15, 0.2) is 48.7 Å². The van der Waals surface area contributed by atoms with Gasteiger partial charge in [0.1, 0.15) is 0 Å². The van der Waals surface area contributed by atoms with E-state index in [1.54, 1.807) is 0 Å². The highest BCUT2D eigenvalue weighted by atomic mass is 35.5. The van der Waals surface area contributed by atoms with Crippen LogP contribution in [0.4, 0.5) is 5.69 Å². The normalized spacial score (nSPS) is 19.2. The van der Waals surface area contributed by atoms with Crippen LogP contribution in [0.25, 0.3) is 0 Å². The molecule has 1 aliphatic heterocycles. The molecular weight excluding hydrogens is 244 g/mol. The Kier molecular flexibility index (Phi) is 3.20. The summed E-state index contributed by atoms with van der Waals surface area (Å²) in [6.07, 6.45) is 4.25. The van der Waals surface area contributed by atoms with Gasteiger partial charge in [0.05, 0.1) is 11.7 Å². The van der Waals surface area contributed by atoms with Gasteiger partial charge in [0, 0.05) is 23.5 Å². The third-order valence-electron chi connectivity index (χ3n) is 3.44. The van der Waals surface area contributed by atoms with E-state index < -0.39 is 0 Å². The van der Waals surface area contributed by atoms with E-state index >= 15 is 0 Å². The number of nitrogens with zero attached hydrogens (tertiary/aromatic N) is 2. The number of pyridine rings is 1. The molecule has 3 rings (SSSR count). The minimum atomic E-state index is 0.396. The minimum absolute atomic E-state index is 0.396. The van der Waals surface area contributed by atoms with Gasteiger partial charge >= 0.3 is 0 Å². The molecule has 0 amide bonds. The molecule has 2 nitrogen and oxygen atoms in total. The number of halogens is 1. The van der Waals surface area contributed by atoms with Crippen LogP contribution in [0.5, 0.6) is 0 Å². The van der Waals surface area contributed by atoms with Crippen molar-refractivity contribution in [1.82, 2.24) is 4.98 Å². The molecule has 3 heteroatoms. The van der Waals surface area contributed by atoms with Crippen LogP contribution in [0.2, 0.25) is 5.02 Å². The van der Waals surface area contributed by atoms with Crippen molar-refractivity contribution in [1.29, 1.82) is 0 Å². The predicted molar refractivity (Wildman–Crippen MR) is 75.0 cm³/mol. The Morgan fingerprint density at radius 1 is 1.11 bits per heavy atom. The Balaban J connectivity index is 1.90. The molecule has 1 unspecified atom stereocenters. The van der Waals surface area contributed by atoms with E-state index in [0.29, 0.717) is 6.04 Å². The standard InChI is InChI=1S/C15H15ClN2/c16-12-6-8-13(9-7-12)18-11-3-5-15(18)14-4-1-2-10-17-14/h1-2,4,6-10,15H,3,5,11H2. The molecule has 0 N–H and O–H groups in total. The lowest BCUT2D eigenvalue weighted by Gasteiger charge is -2.26. The van der Waals surface area contributed by atoms with Crippen molar-refractivity contribution in [3.05, 3.63) is 59.4 Å². The number of anilines is 1. The number of hydrogen-bond donors (Lipinski definition) is 0. The zero-order valence-corrected chi connectivity index (χ0v) is 10.8. The molecule has 0 saturated carbocycles. The first-order valence-electron chi connectivity index (χ1n) is 6.28. The van der Waals surface area contributed by atoms with Gasteiger partial charge in [-0.1, -0.05) is 17.7 Å². The molecule has 1 fully saturated rings. The number of rotatable bonds is 2. The van der Waals surface area contributed by atoms with Crippen LogP contribution < -0.4 is 4.90 Å². The Bertz CT molecular complexity index is 510. The van der Waals surface area contributed by atoms with Gasteiger partial charge < -0.3 is 4.90 Å². The van der Waals surface area contributed by atoms with Gasteiger partial charge in [-0.2, -0.15) is 0 Å². The fourth-order valence-corrected chi connectivity index (χ4v) is 2.71. The van der Waals surface area contributed by atoms with Crippen molar-refractivity contribution in [3.8, 4) is 0 Å². The van der Waals surface area contributed by atoms with E-state index in [4.69, 9.17) is 11.6 Å². The Labute approximate surface area is 112 Å². The van der Waals surface area contributed by atoms with Gasteiger partial charge in [0.25, 0.3) is 0 Å². The van der Waals surface area contributed by atoms with Gasteiger partial charge in [-0.05, 0) is 49.2 Å².